The van der Waals surface area contributed by atoms with Gasteiger partial charge < -0.3 is 4.90 Å². The van der Waals surface area contributed by atoms with Crippen LogP contribution in [-0.2, 0) is 25.8 Å². The third-order valence-corrected chi connectivity index (χ3v) is 5.50. The number of H-pyrrole nitrogens is 1. The van der Waals surface area contributed by atoms with E-state index >= 15 is 0 Å². The highest BCUT2D eigenvalue weighted by atomic mass is 16.2. The van der Waals surface area contributed by atoms with Gasteiger partial charge in [0, 0.05) is 42.0 Å². The van der Waals surface area contributed by atoms with Gasteiger partial charge in [-0.05, 0) is 38.3 Å². The summed E-state index contributed by atoms with van der Waals surface area (Å²) >= 11 is 0. The van der Waals surface area contributed by atoms with Gasteiger partial charge in [0.05, 0.1) is 11.9 Å². The molecular formula is C20H21N5O. The number of hydrogen-bond donors (Lipinski definition) is 1. The minimum atomic E-state index is 0.0425. The Hall–Kier alpha value is -2.89. The number of nitrogens with zero attached hydrogens (tertiary/aromatic N) is 4. The summed E-state index contributed by atoms with van der Waals surface area (Å²) in [6.45, 7) is 3.39. The van der Waals surface area contributed by atoms with Crippen LogP contribution in [0.15, 0.2) is 30.5 Å². The zero-order valence-corrected chi connectivity index (χ0v) is 14.8. The topological polar surface area (TPSA) is 66.8 Å². The van der Waals surface area contributed by atoms with Crippen LogP contribution in [0.25, 0.3) is 5.69 Å². The highest BCUT2D eigenvalue weighted by Crippen LogP contribution is 2.29. The van der Waals surface area contributed by atoms with E-state index in [9.17, 15) is 4.79 Å². The van der Waals surface area contributed by atoms with Crippen LogP contribution in [0.3, 0.4) is 0 Å². The normalized spacial score (nSPS) is 15.8. The van der Waals surface area contributed by atoms with Crippen LogP contribution in [0.2, 0.25) is 0 Å². The number of aryl methyl sites for hydroxylation is 1. The number of rotatable bonds is 2. The molecule has 1 amide bonds. The third-order valence-electron chi connectivity index (χ3n) is 5.50. The molecule has 6 heteroatoms. The quantitative estimate of drug-likeness (QED) is 0.775. The van der Waals surface area contributed by atoms with Crippen molar-refractivity contribution in [1.29, 1.82) is 0 Å². The Balaban J connectivity index is 1.51. The second kappa shape index (κ2) is 5.83. The molecule has 2 aromatic heterocycles. The van der Waals surface area contributed by atoms with Crippen LogP contribution in [0.4, 0.5) is 0 Å². The van der Waals surface area contributed by atoms with Crippen molar-refractivity contribution in [3.63, 3.8) is 0 Å². The first-order valence-electron chi connectivity index (χ1n) is 9.19. The Morgan fingerprint density at radius 3 is 2.85 bits per heavy atom. The molecule has 0 saturated carbocycles. The third kappa shape index (κ3) is 2.36. The molecule has 5 rings (SSSR count). The number of aromatic amines is 1. The monoisotopic (exact) mass is 347 g/mol. The van der Waals surface area contributed by atoms with Crippen molar-refractivity contribution in [2.75, 3.05) is 6.54 Å². The van der Waals surface area contributed by atoms with Gasteiger partial charge in [-0.1, -0.05) is 17.7 Å². The van der Waals surface area contributed by atoms with Crippen molar-refractivity contribution < 1.29 is 4.79 Å². The molecule has 1 aromatic carbocycles. The van der Waals surface area contributed by atoms with Crippen LogP contribution in [-0.4, -0.2) is 37.3 Å². The number of amides is 1. The maximum atomic E-state index is 13.2. The summed E-state index contributed by atoms with van der Waals surface area (Å²) in [5.41, 5.74) is 7.46. The Kier molecular flexibility index (Phi) is 3.45. The fraction of sp³-hybridized carbons (Fsp3) is 0.350. The lowest BCUT2D eigenvalue weighted by Crippen LogP contribution is -2.36. The molecule has 1 aliphatic heterocycles. The van der Waals surface area contributed by atoms with Crippen LogP contribution < -0.4 is 0 Å². The molecule has 0 radical (unpaired) electrons. The van der Waals surface area contributed by atoms with E-state index in [0.717, 1.165) is 48.2 Å². The molecule has 2 aliphatic rings. The standard InChI is InChI=1S/C20H21N5O/c1-13-5-7-15(8-6-13)25-18-4-2-3-16(18)19(23-25)20(26)24-10-9-17-14(12-24)11-21-22-17/h5-8,11H,2-4,9-10,12H2,1H3,(H,21,22). The molecule has 1 aliphatic carbocycles. The van der Waals surface area contributed by atoms with Gasteiger partial charge in [0.1, 0.15) is 0 Å². The van der Waals surface area contributed by atoms with Gasteiger partial charge >= 0.3 is 0 Å². The maximum absolute atomic E-state index is 13.2. The lowest BCUT2D eigenvalue weighted by molar-refractivity contribution is 0.0726. The molecule has 0 unspecified atom stereocenters. The molecule has 26 heavy (non-hydrogen) atoms. The average Bonchev–Trinajstić information content (AvgIpc) is 3.37. The van der Waals surface area contributed by atoms with Crippen LogP contribution in [0.1, 0.15) is 45.0 Å². The minimum absolute atomic E-state index is 0.0425. The highest BCUT2D eigenvalue weighted by Gasteiger charge is 2.31. The SMILES string of the molecule is Cc1ccc(-n2nc(C(=O)N3CCc4[nH]ncc4C3)c3c2CCC3)cc1. The van der Waals surface area contributed by atoms with Gasteiger partial charge in [0.25, 0.3) is 5.91 Å². The van der Waals surface area contributed by atoms with E-state index in [1.54, 1.807) is 0 Å². The number of benzene rings is 1. The summed E-state index contributed by atoms with van der Waals surface area (Å²) in [6, 6.07) is 8.33. The largest absolute Gasteiger partial charge is 0.332 e. The predicted octanol–water partition coefficient (Wildman–Crippen LogP) is 2.59. The summed E-state index contributed by atoms with van der Waals surface area (Å²) in [6.07, 6.45) is 5.65. The molecule has 6 nitrogen and oxygen atoms in total. The lowest BCUT2D eigenvalue weighted by atomic mass is 10.1. The van der Waals surface area contributed by atoms with Crippen LogP contribution in [0.5, 0.6) is 0 Å². The molecule has 0 atom stereocenters. The first-order chi connectivity index (χ1) is 12.7. The second-order valence-corrected chi connectivity index (χ2v) is 7.23. The minimum Gasteiger partial charge on any atom is -0.332 e. The van der Waals surface area contributed by atoms with Gasteiger partial charge in [-0.2, -0.15) is 10.2 Å². The Morgan fingerprint density at radius 1 is 1.15 bits per heavy atom. The molecule has 3 aromatic rings. The van der Waals surface area contributed by atoms with Crippen molar-refractivity contribution in [3.8, 4) is 5.69 Å². The van der Waals surface area contributed by atoms with E-state index in [1.165, 1.54) is 11.3 Å². The number of aromatic nitrogens is 4. The highest BCUT2D eigenvalue weighted by molar-refractivity contribution is 5.94. The molecule has 1 N–H and O–H groups in total. The van der Waals surface area contributed by atoms with E-state index < -0.39 is 0 Å². The van der Waals surface area contributed by atoms with Gasteiger partial charge in [-0.3, -0.25) is 9.89 Å². The summed E-state index contributed by atoms with van der Waals surface area (Å²) in [5, 5.41) is 11.9. The van der Waals surface area contributed by atoms with E-state index in [2.05, 4.69) is 41.4 Å². The van der Waals surface area contributed by atoms with Crippen molar-refractivity contribution >= 4 is 5.91 Å². The molecule has 0 bridgehead atoms. The van der Waals surface area contributed by atoms with E-state index in [4.69, 9.17) is 5.10 Å². The van der Waals surface area contributed by atoms with E-state index in [0.29, 0.717) is 18.8 Å². The van der Waals surface area contributed by atoms with Crippen molar-refractivity contribution in [2.24, 2.45) is 0 Å². The maximum Gasteiger partial charge on any atom is 0.274 e. The fourth-order valence-corrected chi connectivity index (χ4v) is 4.05. The zero-order valence-electron chi connectivity index (χ0n) is 14.8. The summed E-state index contributed by atoms with van der Waals surface area (Å²) in [4.78, 5) is 15.1. The number of hydrogen-bond acceptors (Lipinski definition) is 3. The van der Waals surface area contributed by atoms with Crippen molar-refractivity contribution in [3.05, 3.63) is 64.2 Å². The zero-order chi connectivity index (χ0) is 17.7. The van der Waals surface area contributed by atoms with Crippen LogP contribution in [0, 0.1) is 6.92 Å². The second-order valence-electron chi connectivity index (χ2n) is 7.23. The molecule has 0 spiro atoms. The molecule has 0 fully saturated rings. The van der Waals surface area contributed by atoms with Crippen molar-refractivity contribution in [2.45, 2.75) is 39.2 Å². The van der Waals surface area contributed by atoms with E-state index in [1.807, 2.05) is 15.8 Å². The number of fused-ring (bicyclic) bond motifs is 2. The van der Waals surface area contributed by atoms with E-state index in [-0.39, 0.29) is 5.91 Å². The van der Waals surface area contributed by atoms with Crippen LogP contribution >= 0.6 is 0 Å². The molecule has 3 heterocycles. The summed E-state index contributed by atoms with van der Waals surface area (Å²) in [7, 11) is 0. The first kappa shape index (κ1) is 15.4. The average molecular weight is 347 g/mol. The summed E-state index contributed by atoms with van der Waals surface area (Å²) < 4.78 is 1.97. The van der Waals surface area contributed by atoms with Gasteiger partial charge in [-0.15, -0.1) is 0 Å². The Bertz CT molecular complexity index is 982. The molecule has 0 saturated heterocycles. The predicted molar refractivity (Wildman–Crippen MR) is 97.4 cm³/mol. The summed E-state index contributed by atoms with van der Waals surface area (Å²) in [5.74, 6) is 0.0425. The van der Waals surface area contributed by atoms with Crippen molar-refractivity contribution in [1.82, 2.24) is 24.9 Å². The smallest absolute Gasteiger partial charge is 0.274 e. The number of nitrogens with one attached hydrogen (secondary N) is 1. The number of carbonyl (C=O) groups excluding carboxylic acids is 1. The van der Waals surface area contributed by atoms with Gasteiger partial charge in [0.2, 0.25) is 0 Å². The Labute approximate surface area is 151 Å². The molecule has 132 valence electrons. The Morgan fingerprint density at radius 2 is 2.00 bits per heavy atom. The number of carbonyl (C=O) groups is 1. The molecular weight excluding hydrogens is 326 g/mol. The van der Waals surface area contributed by atoms with Gasteiger partial charge in [0.15, 0.2) is 5.69 Å². The lowest BCUT2D eigenvalue weighted by Gasteiger charge is -2.26. The fourth-order valence-electron chi connectivity index (χ4n) is 4.05. The first-order valence-corrected chi connectivity index (χ1v) is 9.19. The van der Waals surface area contributed by atoms with Gasteiger partial charge in [-0.25, -0.2) is 4.68 Å².